The van der Waals surface area contributed by atoms with Crippen molar-refractivity contribution >= 4 is 11.4 Å². The molecule has 0 saturated heterocycles. The molecule has 1 rings (SSSR count). The third kappa shape index (κ3) is 1.69. The number of nitrogen functional groups attached to an aromatic ring is 1. The smallest absolute Gasteiger partial charge is 0.0420 e. The van der Waals surface area contributed by atoms with Crippen LogP contribution in [0, 0.1) is 6.92 Å². The van der Waals surface area contributed by atoms with Crippen LogP contribution in [0.15, 0.2) is 6.07 Å². The molecule has 0 fully saturated rings. The van der Waals surface area contributed by atoms with Crippen LogP contribution < -0.4 is 11.1 Å². The summed E-state index contributed by atoms with van der Waals surface area (Å²) in [5.74, 6) is 0. The Bertz CT molecular complexity index is 330. The van der Waals surface area contributed by atoms with E-state index < -0.39 is 0 Å². The van der Waals surface area contributed by atoms with Gasteiger partial charge in [-0.3, -0.25) is 0 Å². The van der Waals surface area contributed by atoms with E-state index in [0.29, 0.717) is 0 Å². The monoisotopic (exact) mass is 192 g/mol. The maximum atomic E-state index is 6.05. The fourth-order valence-corrected chi connectivity index (χ4v) is 1.90. The third-order valence-electron chi connectivity index (χ3n) is 2.81. The average molecular weight is 192 g/mol. The van der Waals surface area contributed by atoms with Crippen LogP contribution in [0.5, 0.6) is 0 Å². The summed E-state index contributed by atoms with van der Waals surface area (Å²) in [5.41, 5.74) is 12.0. The molecule has 2 nitrogen and oxygen atoms in total. The lowest BCUT2D eigenvalue weighted by molar-refractivity contribution is 1.08. The van der Waals surface area contributed by atoms with E-state index in [1.165, 1.54) is 22.4 Å². The molecule has 0 unspecified atom stereocenters. The summed E-state index contributed by atoms with van der Waals surface area (Å²) >= 11 is 0. The summed E-state index contributed by atoms with van der Waals surface area (Å²) in [6.07, 6.45) is 2.05. The Hall–Kier alpha value is -1.18. The highest BCUT2D eigenvalue weighted by molar-refractivity contribution is 5.70. The second-order valence-corrected chi connectivity index (χ2v) is 3.57. The van der Waals surface area contributed by atoms with Gasteiger partial charge in [-0.25, -0.2) is 0 Å². The first-order valence-corrected chi connectivity index (χ1v) is 5.24. The lowest BCUT2D eigenvalue weighted by Gasteiger charge is -2.16. The van der Waals surface area contributed by atoms with Crippen molar-refractivity contribution in [3.8, 4) is 0 Å². The van der Waals surface area contributed by atoms with Crippen molar-refractivity contribution in [3.05, 3.63) is 22.8 Å². The molecule has 0 atom stereocenters. The predicted octanol–water partition coefficient (Wildman–Crippen LogP) is 2.74. The first-order valence-electron chi connectivity index (χ1n) is 5.24. The molecule has 1 aromatic carbocycles. The topological polar surface area (TPSA) is 38.0 Å². The third-order valence-corrected chi connectivity index (χ3v) is 2.81. The molecule has 0 bridgehead atoms. The molecule has 0 radical (unpaired) electrons. The van der Waals surface area contributed by atoms with E-state index in [-0.39, 0.29) is 0 Å². The molecule has 0 aliphatic carbocycles. The molecule has 3 N–H and O–H groups in total. The van der Waals surface area contributed by atoms with E-state index in [4.69, 9.17) is 5.73 Å². The number of aryl methyl sites for hydroxylation is 2. The van der Waals surface area contributed by atoms with E-state index in [2.05, 4.69) is 32.2 Å². The number of anilines is 2. The molecule has 0 spiro atoms. The van der Waals surface area contributed by atoms with Crippen LogP contribution in [-0.2, 0) is 12.8 Å². The highest BCUT2D eigenvalue weighted by Crippen LogP contribution is 2.29. The van der Waals surface area contributed by atoms with E-state index in [1.54, 1.807) is 0 Å². The second kappa shape index (κ2) is 4.36. The van der Waals surface area contributed by atoms with Gasteiger partial charge in [-0.15, -0.1) is 0 Å². The molecule has 0 aliphatic heterocycles. The van der Waals surface area contributed by atoms with Crippen LogP contribution in [0.25, 0.3) is 0 Å². The fourth-order valence-electron chi connectivity index (χ4n) is 1.90. The highest BCUT2D eigenvalue weighted by Gasteiger charge is 2.09. The summed E-state index contributed by atoms with van der Waals surface area (Å²) in [7, 11) is 1.95. The van der Waals surface area contributed by atoms with Gasteiger partial charge in [0.25, 0.3) is 0 Å². The average Bonchev–Trinajstić information content (AvgIpc) is 2.21. The van der Waals surface area contributed by atoms with Gasteiger partial charge >= 0.3 is 0 Å². The van der Waals surface area contributed by atoms with E-state index in [0.717, 1.165) is 18.5 Å². The number of nitrogens with one attached hydrogen (secondary N) is 1. The molecular formula is C12H20N2. The summed E-state index contributed by atoms with van der Waals surface area (Å²) in [4.78, 5) is 0. The van der Waals surface area contributed by atoms with E-state index >= 15 is 0 Å². The van der Waals surface area contributed by atoms with Crippen LogP contribution in [-0.4, -0.2) is 7.05 Å². The first kappa shape index (κ1) is 10.9. The number of benzene rings is 1. The molecule has 1 aromatic rings. The van der Waals surface area contributed by atoms with Gasteiger partial charge in [0.05, 0.1) is 0 Å². The van der Waals surface area contributed by atoms with Gasteiger partial charge < -0.3 is 11.1 Å². The molecule has 0 aliphatic rings. The van der Waals surface area contributed by atoms with Gasteiger partial charge in [0.2, 0.25) is 0 Å². The Morgan fingerprint density at radius 1 is 1.21 bits per heavy atom. The minimum absolute atomic E-state index is 0.939. The zero-order valence-corrected chi connectivity index (χ0v) is 9.57. The number of rotatable bonds is 3. The lowest BCUT2D eigenvalue weighted by Crippen LogP contribution is -2.04. The minimum atomic E-state index is 0.939. The van der Waals surface area contributed by atoms with Crippen molar-refractivity contribution in [2.45, 2.75) is 33.6 Å². The molecule has 0 heterocycles. The fraction of sp³-hybridized carbons (Fsp3) is 0.500. The minimum Gasteiger partial charge on any atom is -0.398 e. The van der Waals surface area contributed by atoms with Crippen molar-refractivity contribution in [1.29, 1.82) is 0 Å². The number of nitrogens with two attached hydrogens (primary N) is 1. The van der Waals surface area contributed by atoms with Gasteiger partial charge in [0, 0.05) is 18.4 Å². The van der Waals surface area contributed by atoms with Crippen molar-refractivity contribution in [2.24, 2.45) is 0 Å². The maximum absolute atomic E-state index is 6.05. The number of hydrogen-bond donors (Lipinski definition) is 2. The second-order valence-electron chi connectivity index (χ2n) is 3.57. The SMILES string of the molecule is CCc1cc(CC)c(NC)c(C)c1N. The Morgan fingerprint density at radius 2 is 1.79 bits per heavy atom. The summed E-state index contributed by atoms with van der Waals surface area (Å²) < 4.78 is 0. The standard InChI is InChI=1S/C12H20N2/c1-5-9-7-10(6-2)12(14-4)8(3)11(9)13/h7,14H,5-6,13H2,1-4H3. The molecule has 0 saturated carbocycles. The van der Waals surface area contributed by atoms with Crippen molar-refractivity contribution in [3.63, 3.8) is 0 Å². The van der Waals surface area contributed by atoms with Crippen LogP contribution in [0.4, 0.5) is 11.4 Å². The van der Waals surface area contributed by atoms with Crippen LogP contribution >= 0.6 is 0 Å². The van der Waals surface area contributed by atoms with Gasteiger partial charge in [-0.1, -0.05) is 19.9 Å². The highest BCUT2D eigenvalue weighted by atomic mass is 14.8. The van der Waals surface area contributed by atoms with E-state index in [1.807, 2.05) is 7.05 Å². The summed E-state index contributed by atoms with van der Waals surface area (Å²) in [5, 5.41) is 3.23. The molecule has 2 heteroatoms. The normalized spacial score (nSPS) is 10.3. The van der Waals surface area contributed by atoms with Crippen molar-refractivity contribution in [1.82, 2.24) is 0 Å². The summed E-state index contributed by atoms with van der Waals surface area (Å²) in [6, 6.07) is 2.22. The van der Waals surface area contributed by atoms with Gasteiger partial charge in [-0.2, -0.15) is 0 Å². The lowest BCUT2D eigenvalue weighted by atomic mass is 9.98. The molecule has 78 valence electrons. The first-order chi connectivity index (χ1) is 6.65. The van der Waals surface area contributed by atoms with Crippen LogP contribution in [0.2, 0.25) is 0 Å². The van der Waals surface area contributed by atoms with Crippen LogP contribution in [0.1, 0.15) is 30.5 Å². The Morgan fingerprint density at radius 3 is 2.21 bits per heavy atom. The van der Waals surface area contributed by atoms with Crippen LogP contribution in [0.3, 0.4) is 0 Å². The Labute approximate surface area is 86.5 Å². The Balaban J connectivity index is 3.38. The maximum Gasteiger partial charge on any atom is 0.0420 e. The van der Waals surface area contributed by atoms with Crippen molar-refractivity contribution in [2.75, 3.05) is 18.1 Å². The molecule has 0 aromatic heterocycles. The quantitative estimate of drug-likeness (QED) is 0.723. The molecular weight excluding hydrogens is 172 g/mol. The van der Waals surface area contributed by atoms with Crippen molar-refractivity contribution < 1.29 is 0 Å². The largest absolute Gasteiger partial charge is 0.398 e. The van der Waals surface area contributed by atoms with Gasteiger partial charge in [0.15, 0.2) is 0 Å². The summed E-state index contributed by atoms with van der Waals surface area (Å²) in [6.45, 7) is 6.40. The zero-order valence-electron chi connectivity index (χ0n) is 9.57. The van der Waals surface area contributed by atoms with Gasteiger partial charge in [0.1, 0.15) is 0 Å². The number of hydrogen-bond acceptors (Lipinski definition) is 2. The molecule has 14 heavy (non-hydrogen) atoms. The zero-order chi connectivity index (χ0) is 10.7. The van der Waals surface area contributed by atoms with E-state index in [9.17, 15) is 0 Å². The molecule has 0 amide bonds. The predicted molar refractivity (Wildman–Crippen MR) is 63.9 cm³/mol. The Kier molecular flexibility index (Phi) is 3.39. The van der Waals surface area contributed by atoms with Gasteiger partial charge in [-0.05, 0) is 36.5 Å².